The first-order valence-corrected chi connectivity index (χ1v) is 10.4. The van der Waals surface area contributed by atoms with Gasteiger partial charge >= 0.3 is 6.03 Å². The highest BCUT2D eigenvalue weighted by molar-refractivity contribution is 7.09. The van der Waals surface area contributed by atoms with Crippen LogP contribution >= 0.6 is 11.3 Å². The van der Waals surface area contributed by atoms with E-state index in [-0.39, 0.29) is 18.5 Å². The summed E-state index contributed by atoms with van der Waals surface area (Å²) in [5.74, 6) is -0.279. The van der Waals surface area contributed by atoms with Gasteiger partial charge in [0.1, 0.15) is 10.7 Å². The average molecular weight is 425 g/mol. The van der Waals surface area contributed by atoms with E-state index in [4.69, 9.17) is 4.74 Å². The molecule has 156 valence electrons. The molecule has 0 spiro atoms. The van der Waals surface area contributed by atoms with Gasteiger partial charge in [0.2, 0.25) is 0 Å². The van der Waals surface area contributed by atoms with E-state index >= 15 is 0 Å². The number of hydrogen-bond donors (Lipinski definition) is 2. The van der Waals surface area contributed by atoms with Gasteiger partial charge in [-0.05, 0) is 31.2 Å². The van der Waals surface area contributed by atoms with Crippen molar-refractivity contribution in [3.63, 3.8) is 0 Å². The third kappa shape index (κ3) is 6.13. The molecule has 1 heterocycles. The number of hydrogen-bond acceptors (Lipinski definition) is 5. The van der Waals surface area contributed by atoms with Gasteiger partial charge in [-0.3, -0.25) is 4.79 Å². The van der Waals surface area contributed by atoms with Crippen molar-refractivity contribution in [1.82, 2.24) is 9.88 Å². The van der Waals surface area contributed by atoms with Crippen LogP contribution in [0.1, 0.15) is 21.1 Å². The number of carbonyl (C=O) groups excluding carboxylic acids is 2. The van der Waals surface area contributed by atoms with Crippen molar-refractivity contribution in [3.8, 4) is 0 Å². The van der Waals surface area contributed by atoms with Gasteiger partial charge in [0.15, 0.2) is 0 Å². The summed E-state index contributed by atoms with van der Waals surface area (Å²) in [5.41, 5.74) is 2.87. The van der Waals surface area contributed by atoms with Crippen LogP contribution in [-0.2, 0) is 11.3 Å². The molecule has 3 amide bonds. The predicted molar refractivity (Wildman–Crippen MR) is 119 cm³/mol. The van der Waals surface area contributed by atoms with E-state index in [1.807, 2.05) is 61.5 Å². The number of anilines is 2. The number of benzene rings is 2. The lowest BCUT2D eigenvalue weighted by molar-refractivity contribution is 0.102. The van der Waals surface area contributed by atoms with E-state index in [9.17, 15) is 9.59 Å². The van der Waals surface area contributed by atoms with Crippen LogP contribution in [0, 0.1) is 6.92 Å². The molecule has 0 fully saturated rings. The minimum atomic E-state index is -0.279. The summed E-state index contributed by atoms with van der Waals surface area (Å²) in [6, 6.07) is 16.6. The highest BCUT2D eigenvalue weighted by atomic mass is 32.1. The number of amides is 3. The van der Waals surface area contributed by atoms with Crippen LogP contribution in [0.5, 0.6) is 0 Å². The molecule has 0 aliphatic rings. The van der Waals surface area contributed by atoms with Crippen LogP contribution in [0.15, 0.2) is 60.0 Å². The fraction of sp³-hybridized carbons (Fsp3) is 0.227. The molecule has 0 bridgehead atoms. The molecule has 0 atom stereocenters. The lowest BCUT2D eigenvalue weighted by Crippen LogP contribution is -2.36. The number of para-hydroxylation sites is 1. The maximum atomic E-state index is 12.7. The first-order chi connectivity index (χ1) is 14.5. The Hall–Kier alpha value is -3.23. The largest absolute Gasteiger partial charge is 0.383 e. The normalized spacial score (nSPS) is 10.5. The first-order valence-electron chi connectivity index (χ1n) is 9.47. The Morgan fingerprint density at radius 3 is 2.43 bits per heavy atom. The highest BCUT2D eigenvalue weighted by Gasteiger charge is 2.18. The molecule has 0 aliphatic carbocycles. The number of aryl methyl sites for hydroxylation is 1. The van der Waals surface area contributed by atoms with Gasteiger partial charge in [0, 0.05) is 30.4 Å². The van der Waals surface area contributed by atoms with Crippen LogP contribution < -0.4 is 10.6 Å². The van der Waals surface area contributed by atoms with E-state index in [0.717, 1.165) is 5.56 Å². The molecule has 0 saturated heterocycles. The van der Waals surface area contributed by atoms with Crippen LogP contribution in [0.4, 0.5) is 16.2 Å². The molecule has 3 rings (SSSR count). The zero-order chi connectivity index (χ0) is 21.3. The van der Waals surface area contributed by atoms with E-state index < -0.39 is 0 Å². The van der Waals surface area contributed by atoms with Crippen LogP contribution in [0.3, 0.4) is 0 Å². The number of nitrogens with zero attached hydrogens (tertiary/aromatic N) is 2. The second-order valence-corrected chi connectivity index (χ2v) is 7.60. The third-order valence-electron chi connectivity index (χ3n) is 4.30. The van der Waals surface area contributed by atoms with Gasteiger partial charge in [0.25, 0.3) is 5.91 Å². The third-order valence-corrected chi connectivity index (χ3v) is 5.13. The molecule has 7 nitrogen and oxygen atoms in total. The zero-order valence-electron chi connectivity index (χ0n) is 16.9. The molecule has 8 heteroatoms. The number of thiazole rings is 1. The lowest BCUT2D eigenvalue weighted by Gasteiger charge is -2.21. The Morgan fingerprint density at radius 1 is 1.03 bits per heavy atom. The van der Waals surface area contributed by atoms with Crippen molar-refractivity contribution in [2.24, 2.45) is 0 Å². The molecule has 2 N–H and O–H groups in total. The molecule has 0 unspecified atom stereocenters. The molecule has 1 aromatic heterocycles. The van der Waals surface area contributed by atoms with Gasteiger partial charge in [-0.25, -0.2) is 9.78 Å². The summed E-state index contributed by atoms with van der Waals surface area (Å²) in [5, 5.41) is 8.07. The van der Waals surface area contributed by atoms with Crippen LogP contribution in [0.2, 0.25) is 0 Å². The van der Waals surface area contributed by atoms with Crippen molar-refractivity contribution in [3.05, 3.63) is 76.2 Å². The minimum absolute atomic E-state index is 0.251. The van der Waals surface area contributed by atoms with Gasteiger partial charge < -0.3 is 20.3 Å². The molecule has 0 aliphatic heterocycles. The van der Waals surface area contributed by atoms with E-state index in [1.165, 1.54) is 11.3 Å². The smallest absolute Gasteiger partial charge is 0.322 e. The molecule has 30 heavy (non-hydrogen) atoms. The van der Waals surface area contributed by atoms with E-state index in [2.05, 4.69) is 15.6 Å². The predicted octanol–water partition coefficient (Wildman–Crippen LogP) is 4.38. The second kappa shape index (κ2) is 10.5. The van der Waals surface area contributed by atoms with E-state index in [1.54, 1.807) is 17.4 Å². The second-order valence-electron chi connectivity index (χ2n) is 6.66. The lowest BCUT2D eigenvalue weighted by atomic mass is 10.2. The van der Waals surface area contributed by atoms with Crippen LogP contribution in [-0.4, -0.2) is 42.1 Å². The van der Waals surface area contributed by atoms with Crippen molar-refractivity contribution >= 4 is 34.6 Å². The van der Waals surface area contributed by atoms with Gasteiger partial charge in [0.05, 0.1) is 13.2 Å². The SMILES string of the molecule is COCCN(Cc1nc(C(=O)Nc2ccc(C)cc2)cs1)C(=O)Nc1ccccc1. The number of urea groups is 1. The molecule has 2 aromatic carbocycles. The van der Waals surface area contributed by atoms with Gasteiger partial charge in [-0.1, -0.05) is 35.9 Å². The maximum Gasteiger partial charge on any atom is 0.322 e. The average Bonchev–Trinajstić information content (AvgIpc) is 3.22. The van der Waals surface area contributed by atoms with Crippen LogP contribution in [0.25, 0.3) is 0 Å². The summed E-state index contributed by atoms with van der Waals surface area (Å²) < 4.78 is 5.13. The van der Waals surface area contributed by atoms with Crippen molar-refractivity contribution in [1.29, 1.82) is 0 Å². The Morgan fingerprint density at radius 2 is 1.73 bits per heavy atom. The molecule has 0 radical (unpaired) electrons. The monoisotopic (exact) mass is 424 g/mol. The number of carbonyl (C=O) groups is 2. The highest BCUT2D eigenvalue weighted by Crippen LogP contribution is 2.16. The fourth-order valence-electron chi connectivity index (χ4n) is 2.66. The topological polar surface area (TPSA) is 83.6 Å². The first kappa shape index (κ1) is 21.5. The fourth-order valence-corrected chi connectivity index (χ4v) is 3.45. The van der Waals surface area contributed by atoms with Crippen molar-refractivity contribution in [2.75, 3.05) is 30.9 Å². The quantitative estimate of drug-likeness (QED) is 0.562. The molecule has 3 aromatic rings. The minimum Gasteiger partial charge on any atom is -0.383 e. The Kier molecular flexibility index (Phi) is 7.53. The Balaban J connectivity index is 1.64. The summed E-state index contributed by atoms with van der Waals surface area (Å²) in [6.45, 7) is 3.07. The number of rotatable bonds is 8. The molecular weight excluding hydrogens is 400 g/mol. The summed E-state index contributed by atoms with van der Waals surface area (Å²) in [4.78, 5) is 31.2. The van der Waals surface area contributed by atoms with Crippen molar-refractivity contribution in [2.45, 2.75) is 13.5 Å². The maximum absolute atomic E-state index is 12.7. The Bertz CT molecular complexity index is 974. The van der Waals surface area contributed by atoms with Gasteiger partial charge in [-0.15, -0.1) is 11.3 Å². The number of aromatic nitrogens is 1. The molecule has 0 saturated carbocycles. The Labute approximate surface area is 179 Å². The van der Waals surface area contributed by atoms with Crippen molar-refractivity contribution < 1.29 is 14.3 Å². The molecular formula is C22H24N4O3S. The summed E-state index contributed by atoms with van der Waals surface area (Å²) in [6.07, 6.45) is 0. The number of ether oxygens (including phenoxy) is 1. The van der Waals surface area contributed by atoms with Gasteiger partial charge in [-0.2, -0.15) is 0 Å². The van der Waals surface area contributed by atoms with E-state index in [0.29, 0.717) is 35.2 Å². The number of methoxy groups -OCH3 is 1. The summed E-state index contributed by atoms with van der Waals surface area (Å²) in [7, 11) is 1.59. The zero-order valence-corrected chi connectivity index (χ0v) is 17.7. The number of nitrogens with one attached hydrogen (secondary N) is 2. The standard InChI is InChI=1S/C22H24N4O3S/c1-16-8-10-18(11-9-16)23-21(27)19-15-30-20(25-19)14-26(12-13-29-2)22(28)24-17-6-4-3-5-7-17/h3-11,15H,12-14H2,1-2H3,(H,23,27)(H,24,28). The summed E-state index contributed by atoms with van der Waals surface area (Å²) >= 11 is 1.34.